The number of nitrogens with one attached hydrogen (secondary N) is 1. The first-order valence-electron chi connectivity index (χ1n) is 12.9. The van der Waals surface area contributed by atoms with Gasteiger partial charge in [-0.1, -0.05) is 31.2 Å². The highest BCUT2D eigenvalue weighted by molar-refractivity contribution is 6.14. The van der Waals surface area contributed by atoms with Gasteiger partial charge in [-0.2, -0.15) is 4.39 Å². The number of pyridine rings is 1. The zero-order valence-corrected chi connectivity index (χ0v) is 21.2. The summed E-state index contributed by atoms with van der Waals surface area (Å²) in [5.74, 6) is -0.201. The van der Waals surface area contributed by atoms with Crippen molar-refractivity contribution in [3.05, 3.63) is 58.7 Å². The largest absolute Gasteiger partial charge is 0.378 e. The highest BCUT2D eigenvalue weighted by Gasteiger charge is 2.32. The first-order chi connectivity index (χ1) is 17.9. The van der Waals surface area contributed by atoms with Crippen LogP contribution in [0, 0.1) is 5.95 Å². The van der Waals surface area contributed by atoms with E-state index in [1.807, 2.05) is 4.57 Å². The Bertz CT molecular complexity index is 1720. The summed E-state index contributed by atoms with van der Waals surface area (Å²) in [7, 11) is 3.50. The Morgan fingerprint density at radius 1 is 1.14 bits per heavy atom. The first kappa shape index (κ1) is 22.5. The topological polar surface area (TPSA) is 82.7 Å². The van der Waals surface area contributed by atoms with Gasteiger partial charge < -0.3 is 9.72 Å². The maximum atomic E-state index is 15.0. The number of rotatable bonds is 1. The van der Waals surface area contributed by atoms with Gasteiger partial charge in [-0.15, -0.1) is 5.10 Å². The van der Waals surface area contributed by atoms with Crippen LogP contribution in [0.2, 0.25) is 0 Å². The van der Waals surface area contributed by atoms with E-state index in [1.54, 1.807) is 31.1 Å². The van der Waals surface area contributed by atoms with Crippen molar-refractivity contribution < 1.29 is 9.13 Å². The first-order valence-corrected chi connectivity index (χ1v) is 12.9. The van der Waals surface area contributed by atoms with Gasteiger partial charge in [0.05, 0.1) is 40.0 Å². The second-order valence-electron chi connectivity index (χ2n) is 10.6. The van der Waals surface area contributed by atoms with Crippen molar-refractivity contribution in [2.45, 2.75) is 50.7 Å². The fourth-order valence-electron chi connectivity index (χ4n) is 6.30. The predicted octanol–water partition coefficient (Wildman–Crippen LogP) is 5.04. The summed E-state index contributed by atoms with van der Waals surface area (Å²) in [6.45, 7) is 2.92. The van der Waals surface area contributed by atoms with Gasteiger partial charge in [0.1, 0.15) is 5.65 Å². The smallest absolute Gasteiger partial charge is 0.329 e. The number of hydrogen-bond donors (Lipinski definition) is 1. The Morgan fingerprint density at radius 2 is 1.95 bits per heavy atom. The normalized spacial score (nSPS) is 21.8. The van der Waals surface area contributed by atoms with Gasteiger partial charge >= 0.3 is 5.69 Å². The van der Waals surface area contributed by atoms with Crippen LogP contribution in [0.3, 0.4) is 0 Å². The average Bonchev–Trinajstić information content (AvgIpc) is 3.63. The summed E-state index contributed by atoms with van der Waals surface area (Å²) in [6, 6.07) is 8.48. The van der Waals surface area contributed by atoms with Gasteiger partial charge in [0.15, 0.2) is 0 Å². The minimum absolute atomic E-state index is 0.0254. The number of aryl methyl sites for hydroxylation is 2. The van der Waals surface area contributed by atoms with E-state index in [9.17, 15) is 4.79 Å². The molecule has 0 amide bonds. The minimum atomic E-state index is -0.552. The van der Waals surface area contributed by atoms with Crippen molar-refractivity contribution in [3.8, 4) is 22.4 Å². The third kappa shape index (κ3) is 3.33. The molecule has 6 heterocycles. The molecule has 37 heavy (non-hydrogen) atoms. The van der Waals surface area contributed by atoms with Crippen LogP contribution in [-0.2, 0) is 18.8 Å². The zero-order valence-electron chi connectivity index (χ0n) is 21.2. The zero-order chi connectivity index (χ0) is 25.4. The molecule has 3 aliphatic rings. The van der Waals surface area contributed by atoms with E-state index in [0.717, 1.165) is 53.2 Å². The Balaban J connectivity index is 1.62. The van der Waals surface area contributed by atoms with Crippen LogP contribution in [0.4, 0.5) is 4.39 Å². The number of benzene rings is 1. The van der Waals surface area contributed by atoms with Crippen LogP contribution >= 0.6 is 0 Å². The molecule has 190 valence electrons. The summed E-state index contributed by atoms with van der Waals surface area (Å²) in [5.41, 5.74) is 6.14. The van der Waals surface area contributed by atoms with Gasteiger partial charge in [0.25, 0.3) is 0 Å². The Labute approximate surface area is 212 Å². The van der Waals surface area contributed by atoms with Crippen molar-refractivity contribution in [2.75, 3.05) is 6.61 Å². The second-order valence-corrected chi connectivity index (χ2v) is 10.6. The van der Waals surface area contributed by atoms with Gasteiger partial charge in [-0.25, -0.2) is 9.78 Å². The summed E-state index contributed by atoms with van der Waals surface area (Å²) < 4.78 is 26.4. The van der Waals surface area contributed by atoms with E-state index in [0.29, 0.717) is 29.4 Å². The predicted molar refractivity (Wildman–Crippen MR) is 140 cm³/mol. The molecule has 0 saturated heterocycles. The molecule has 1 fully saturated rings. The molecule has 1 saturated carbocycles. The van der Waals surface area contributed by atoms with Crippen LogP contribution in [0.5, 0.6) is 0 Å². The van der Waals surface area contributed by atoms with E-state index in [2.05, 4.69) is 41.3 Å². The quantitative estimate of drug-likeness (QED) is 0.350. The van der Waals surface area contributed by atoms with Crippen molar-refractivity contribution in [3.63, 3.8) is 0 Å². The third-order valence-electron chi connectivity index (χ3n) is 8.32. The Hall–Kier alpha value is -3.72. The van der Waals surface area contributed by atoms with Crippen molar-refractivity contribution in [2.24, 2.45) is 14.1 Å². The lowest BCUT2D eigenvalue weighted by atomic mass is 9.94. The van der Waals surface area contributed by atoms with Gasteiger partial charge in [-0.05, 0) is 42.7 Å². The lowest BCUT2D eigenvalue weighted by Gasteiger charge is -2.16. The number of halogens is 1. The van der Waals surface area contributed by atoms with Crippen LogP contribution in [0.1, 0.15) is 50.1 Å². The molecule has 2 unspecified atom stereocenters. The highest BCUT2D eigenvalue weighted by Crippen LogP contribution is 2.43. The van der Waals surface area contributed by atoms with Crippen LogP contribution in [-0.4, -0.2) is 41.6 Å². The maximum Gasteiger partial charge on any atom is 0.329 e. The monoisotopic (exact) mass is 500 g/mol. The molecule has 4 bridgehead atoms. The molecule has 0 spiro atoms. The second kappa shape index (κ2) is 8.14. The molecule has 5 aromatic rings. The van der Waals surface area contributed by atoms with E-state index < -0.39 is 5.95 Å². The Morgan fingerprint density at radius 3 is 2.70 bits per heavy atom. The number of aromatic amines is 1. The van der Waals surface area contributed by atoms with Crippen molar-refractivity contribution in [1.29, 1.82) is 0 Å². The number of hydrogen-bond acceptors (Lipinski definition) is 4. The summed E-state index contributed by atoms with van der Waals surface area (Å²) in [6.07, 6.45) is 7.08. The molecule has 9 heteroatoms. The SMILES string of the molecule is CC1CCO[C@H]2CCC(C2)n2c(=O)n(C)c3cnc4[nH]c(-c5cn(C)nc5F)c(c4c32)-c2ccc1cc2. The standard InChI is InChI=1S/C28H29FN6O2/c1-15-10-11-37-19-9-8-18(12-19)35-25-21(34(3)28(35)36)13-30-27-23(25)22(17-6-4-16(15)5-7-17)24(31-27)20-14-33(2)32-26(20)29/h4-7,13-15,18-19H,8-12H2,1-3H3,(H,30,31)/t15?,18?,19-/m0/s1. The van der Waals surface area contributed by atoms with Crippen molar-refractivity contribution in [1.82, 2.24) is 28.9 Å². The molecular formula is C28H29FN6O2. The fraction of sp³-hybridized carbons (Fsp3) is 0.393. The number of nitrogens with zero attached hydrogens (tertiary/aromatic N) is 5. The van der Waals surface area contributed by atoms with Crippen molar-refractivity contribution >= 4 is 22.1 Å². The lowest BCUT2D eigenvalue weighted by molar-refractivity contribution is 0.0519. The van der Waals surface area contributed by atoms with Gasteiger partial charge in [0, 0.05) is 38.5 Å². The van der Waals surface area contributed by atoms with Crippen LogP contribution < -0.4 is 5.69 Å². The maximum absolute atomic E-state index is 15.0. The lowest BCUT2D eigenvalue weighted by Crippen LogP contribution is -2.25. The number of fused-ring (bicyclic) bond motifs is 5. The summed E-state index contributed by atoms with van der Waals surface area (Å²) >= 11 is 0. The summed E-state index contributed by atoms with van der Waals surface area (Å²) in [4.78, 5) is 21.7. The number of H-pyrrole nitrogens is 1. The molecule has 3 atom stereocenters. The van der Waals surface area contributed by atoms with Crippen LogP contribution in [0.15, 0.2) is 41.5 Å². The molecule has 8 nitrogen and oxygen atoms in total. The third-order valence-corrected chi connectivity index (χ3v) is 8.32. The van der Waals surface area contributed by atoms with E-state index in [-0.39, 0.29) is 17.8 Å². The highest BCUT2D eigenvalue weighted by atomic mass is 19.1. The summed E-state index contributed by atoms with van der Waals surface area (Å²) in [5, 5.41) is 4.78. The van der Waals surface area contributed by atoms with Gasteiger partial charge in [0.2, 0.25) is 5.95 Å². The van der Waals surface area contributed by atoms with Gasteiger partial charge in [-0.3, -0.25) is 13.8 Å². The van der Waals surface area contributed by atoms with Crippen LogP contribution in [0.25, 0.3) is 44.5 Å². The molecule has 4 aromatic heterocycles. The minimum Gasteiger partial charge on any atom is -0.378 e. The molecule has 1 aliphatic carbocycles. The van der Waals surface area contributed by atoms with E-state index in [4.69, 9.17) is 9.72 Å². The molecule has 2 aliphatic heterocycles. The van der Waals surface area contributed by atoms with E-state index in [1.165, 1.54) is 10.2 Å². The average molecular weight is 501 g/mol. The molecule has 1 N–H and O–H groups in total. The Kier molecular flexibility index (Phi) is 4.95. The molecular weight excluding hydrogens is 471 g/mol. The molecule has 1 aromatic carbocycles. The van der Waals surface area contributed by atoms with E-state index >= 15 is 4.39 Å². The number of imidazole rings is 1. The fourth-order valence-corrected chi connectivity index (χ4v) is 6.30. The number of ether oxygens (including phenoxy) is 1. The molecule has 8 rings (SSSR count). The molecule has 0 radical (unpaired) electrons. The number of aromatic nitrogens is 6.